The third kappa shape index (κ3) is 4.92. The lowest BCUT2D eigenvalue weighted by atomic mass is 10.4. The Bertz CT molecular complexity index is 376. The number of nitrogens with zero attached hydrogens (tertiary/aromatic N) is 2. The Morgan fingerprint density at radius 3 is 2.81 bits per heavy atom. The number of likely N-dealkylation sites (N-methyl/N-ethyl adjacent to an activating group) is 1. The zero-order valence-electron chi connectivity index (χ0n) is 9.74. The van der Waals surface area contributed by atoms with E-state index in [9.17, 15) is 4.79 Å². The predicted molar refractivity (Wildman–Crippen MR) is 69.8 cm³/mol. The molecule has 1 rings (SSSR count). The summed E-state index contributed by atoms with van der Waals surface area (Å²) in [6, 6.07) is 3.34. The Morgan fingerprint density at radius 2 is 2.12 bits per heavy atom. The fraction of sp³-hybridized carbons (Fsp3) is 0.545. The summed E-state index contributed by atoms with van der Waals surface area (Å²) in [4.78, 5) is 13.6. The van der Waals surface area contributed by atoms with E-state index in [4.69, 9.17) is 0 Å². The second-order valence-corrected chi connectivity index (χ2v) is 4.85. The van der Waals surface area contributed by atoms with E-state index in [1.54, 1.807) is 16.7 Å². The molecule has 0 amide bonds. The third-order valence-corrected chi connectivity index (χ3v) is 2.68. The summed E-state index contributed by atoms with van der Waals surface area (Å²) < 4.78 is 2.63. The highest BCUT2D eigenvalue weighted by Gasteiger charge is 1.96. The third-order valence-electron chi connectivity index (χ3n) is 2.21. The first-order valence-corrected chi connectivity index (χ1v) is 6.10. The average Bonchev–Trinajstić information content (AvgIpc) is 2.22. The minimum absolute atomic E-state index is 0.0395. The first-order valence-electron chi connectivity index (χ1n) is 5.31. The van der Waals surface area contributed by atoms with Crippen LogP contribution in [0.5, 0.6) is 0 Å². The summed E-state index contributed by atoms with van der Waals surface area (Å²) in [6.45, 7) is 3.46. The SMILES string of the molecule is CN(C)CCNCCn1cc(Br)ccc1=O. The maximum absolute atomic E-state index is 11.4. The number of hydrogen-bond donors (Lipinski definition) is 1. The van der Waals surface area contributed by atoms with Crippen LogP contribution in [0.25, 0.3) is 0 Å². The van der Waals surface area contributed by atoms with E-state index in [-0.39, 0.29) is 5.56 Å². The van der Waals surface area contributed by atoms with E-state index in [1.807, 2.05) is 20.3 Å². The van der Waals surface area contributed by atoms with Crippen LogP contribution in [0.15, 0.2) is 27.6 Å². The van der Waals surface area contributed by atoms with Crippen molar-refractivity contribution in [2.45, 2.75) is 6.54 Å². The number of rotatable bonds is 6. The van der Waals surface area contributed by atoms with Gasteiger partial charge in [0.15, 0.2) is 0 Å². The van der Waals surface area contributed by atoms with Crippen LogP contribution < -0.4 is 10.9 Å². The Balaban J connectivity index is 2.32. The second kappa shape index (κ2) is 6.83. The first-order chi connectivity index (χ1) is 7.59. The fourth-order valence-corrected chi connectivity index (χ4v) is 1.68. The molecule has 0 spiro atoms. The molecule has 0 radical (unpaired) electrons. The zero-order valence-corrected chi connectivity index (χ0v) is 11.3. The van der Waals surface area contributed by atoms with Crippen molar-refractivity contribution in [2.24, 2.45) is 0 Å². The van der Waals surface area contributed by atoms with Gasteiger partial charge in [0, 0.05) is 42.9 Å². The smallest absolute Gasteiger partial charge is 0.250 e. The molecule has 0 saturated heterocycles. The van der Waals surface area contributed by atoms with Gasteiger partial charge in [-0.1, -0.05) is 0 Å². The molecule has 0 fully saturated rings. The van der Waals surface area contributed by atoms with Crippen LogP contribution in [-0.4, -0.2) is 43.2 Å². The molecule has 0 unspecified atom stereocenters. The molecule has 0 aliphatic heterocycles. The van der Waals surface area contributed by atoms with Crippen LogP contribution in [0.3, 0.4) is 0 Å². The quantitative estimate of drug-likeness (QED) is 0.785. The van der Waals surface area contributed by atoms with E-state index in [2.05, 4.69) is 26.1 Å². The molecular weight excluding hydrogens is 270 g/mol. The Morgan fingerprint density at radius 1 is 1.38 bits per heavy atom. The fourth-order valence-electron chi connectivity index (χ4n) is 1.30. The predicted octanol–water partition coefficient (Wildman–Crippen LogP) is 0.762. The molecule has 0 aromatic carbocycles. The van der Waals surface area contributed by atoms with E-state index in [0.717, 1.165) is 24.1 Å². The standard InChI is InChI=1S/C11H18BrN3O/c1-14(2)7-5-13-6-8-15-9-10(12)3-4-11(15)16/h3-4,9,13H,5-8H2,1-2H3. The van der Waals surface area contributed by atoms with Gasteiger partial charge in [0.25, 0.3) is 5.56 Å². The molecule has 0 aliphatic carbocycles. The molecule has 0 aliphatic rings. The van der Waals surface area contributed by atoms with E-state index >= 15 is 0 Å². The summed E-state index contributed by atoms with van der Waals surface area (Å²) >= 11 is 3.35. The molecular formula is C11H18BrN3O. The highest BCUT2D eigenvalue weighted by molar-refractivity contribution is 9.10. The van der Waals surface area contributed by atoms with Crippen LogP contribution in [0.1, 0.15) is 0 Å². The van der Waals surface area contributed by atoms with Gasteiger partial charge in [-0.25, -0.2) is 0 Å². The number of hydrogen-bond acceptors (Lipinski definition) is 3. The van der Waals surface area contributed by atoms with Crippen molar-refractivity contribution in [3.8, 4) is 0 Å². The van der Waals surface area contributed by atoms with Crippen LogP contribution in [0.2, 0.25) is 0 Å². The average molecular weight is 288 g/mol. The maximum atomic E-state index is 11.4. The molecule has 1 heterocycles. The van der Waals surface area contributed by atoms with Crippen molar-refractivity contribution < 1.29 is 0 Å². The van der Waals surface area contributed by atoms with E-state index in [1.165, 1.54) is 0 Å². The minimum Gasteiger partial charge on any atom is -0.314 e. The van der Waals surface area contributed by atoms with Crippen molar-refractivity contribution in [3.63, 3.8) is 0 Å². The van der Waals surface area contributed by atoms with Gasteiger partial charge in [0.05, 0.1) is 0 Å². The summed E-state index contributed by atoms with van der Waals surface area (Å²) in [5, 5.41) is 3.30. The van der Waals surface area contributed by atoms with Gasteiger partial charge in [-0.05, 0) is 36.1 Å². The van der Waals surface area contributed by atoms with Crippen LogP contribution in [0.4, 0.5) is 0 Å². The molecule has 0 atom stereocenters. The maximum Gasteiger partial charge on any atom is 0.250 e. The van der Waals surface area contributed by atoms with Crippen molar-refractivity contribution in [3.05, 3.63) is 33.2 Å². The van der Waals surface area contributed by atoms with Crippen LogP contribution in [0, 0.1) is 0 Å². The van der Waals surface area contributed by atoms with Crippen LogP contribution >= 0.6 is 15.9 Å². The molecule has 4 nitrogen and oxygen atoms in total. The van der Waals surface area contributed by atoms with Gasteiger partial charge in [-0.2, -0.15) is 0 Å². The zero-order chi connectivity index (χ0) is 12.0. The summed E-state index contributed by atoms with van der Waals surface area (Å²) in [5.41, 5.74) is 0.0395. The number of aromatic nitrogens is 1. The van der Waals surface area contributed by atoms with E-state index in [0.29, 0.717) is 6.54 Å². The molecule has 0 saturated carbocycles. The Kier molecular flexibility index (Phi) is 5.73. The monoisotopic (exact) mass is 287 g/mol. The highest BCUT2D eigenvalue weighted by Crippen LogP contribution is 2.04. The number of nitrogens with one attached hydrogen (secondary N) is 1. The lowest BCUT2D eigenvalue weighted by Crippen LogP contribution is -2.31. The van der Waals surface area contributed by atoms with Crippen molar-refractivity contribution >= 4 is 15.9 Å². The van der Waals surface area contributed by atoms with Gasteiger partial charge in [0.1, 0.15) is 0 Å². The summed E-state index contributed by atoms with van der Waals surface area (Å²) in [7, 11) is 4.08. The number of halogens is 1. The summed E-state index contributed by atoms with van der Waals surface area (Å²) in [6.07, 6.45) is 1.82. The molecule has 90 valence electrons. The molecule has 1 N–H and O–H groups in total. The molecule has 16 heavy (non-hydrogen) atoms. The lowest BCUT2D eigenvalue weighted by Gasteiger charge is -2.11. The normalized spacial score (nSPS) is 11.0. The molecule has 0 bridgehead atoms. The first kappa shape index (κ1) is 13.4. The van der Waals surface area contributed by atoms with Crippen LogP contribution in [-0.2, 0) is 6.54 Å². The number of pyridine rings is 1. The van der Waals surface area contributed by atoms with Crippen molar-refractivity contribution in [1.29, 1.82) is 0 Å². The summed E-state index contributed by atoms with van der Waals surface area (Å²) in [5.74, 6) is 0. The molecule has 1 aromatic rings. The second-order valence-electron chi connectivity index (χ2n) is 3.93. The van der Waals surface area contributed by atoms with Gasteiger partial charge in [-0.3, -0.25) is 4.79 Å². The lowest BCUT2D eigenvalue weighted by molar-refractivity contribution is 0.397. The van der Waals surface area contributed by atoms with Gasteiger partial charge in [-0.15, -0.1) is 0 Å². The van der Waals surface area contributed by atoms with Gasteiger partial charge in [0.2, 0.25) is 0 Å². The topological polar surface area (TPSA) is 37.3 Å². The van der Waals surface area contributed by atoms with Crippen molar-refractivity contribution in [1.82, 2.24) is 14.8 Å². The highest BCUT2D eigenvalue weighted by atomic mass is 79.9. The Labute approximate surface area is 104 Å². The molecule has 5 heteroatoms. The van der Waals surface area contributed by atoms with E-state index < -0.39 is 0 Å². The minimum atomic E-state index is 0.0395. The molecule has 1 aromatic heterocycles. The van der Waals surface area contributed by atoms with Gasteiger partial charge >= 0.3 is 0 Å². The largest absolute Gasteiger partial charge is 0.314 e. The van der Waals surface area contributed by atoms with Gasteiger partial charge < -0.3 is 14.8 Å². The van der Waals surface area contributed by atoms with Crippen molar-refractivity contribution in [2.75, 3.05) is 33.7 Å². The Hall–Kier alpha value is -0.650.